The summed E-state index contributed by atoms with van der Waals surface area (Å²) >= 11 is 1.76. The van der Waals surface area contributed by atoms with E-state index in [0.29, 0.717) is 6.54 Å². The summed E-state index contributed by atoms with van der Waals surface area (Å²) in [6, 6.07) is 4.15. The number of carbonyl (C=O) groups excluding carboxylic acids is 1. The first-order valence-electron chi connectivity index (χ1n) is 8.54. The molecule has 1 N–H and O–H groups in total. The van der Waals surface area contributed by atoms with Gasteiger partial charge in [0.05, 0.1) is 6.04 Å². The molecule has 1 aliphatic rings. The summed E-state index contributed by atoms with van der Waals surface area (Å²) in [4.78, 5) is 20.2. The van der Waals surface area contributed by atoms with Crippen LogP contribution < -0.4 is 5.32 Å². The van der Waals surface area contributed by atoms with Gasteiger partial charge in [0.2, 0.25) is 5.91 Å². The lowest BCUT2D eigenvalue weighted by Gasteiger charge is -2.36. The zero-order valence-corrected chi connectivity index (χ0v) is 15.1. The van der Waals surface area contributed by atoms with Gasteiger partial charge in [-0.05, 0) is 50.2 Å². The molecule has 3 heterocycles. The second-order valence-corrected chi connectivity index (χ2v) is 7.53. The third-order valence-corrected chi connectivity index (χ3v) is 5.79. The number of nitrogens with one attached hydrogen (secondary N) is 1. The average Bonchev–Trinajstić information content (AvgIpc) is 3.29. The van der Waals surface area contributed by atoms with Crippen LogP contribution in [0.1, 0.15) is 43.6 Å². The van der Waals surface area contributed by atoms with Crippen molar-refractivity contribution < 1.29 is 4.79 Å². The van der Waals surface area contributed by atoms with E-state index in [1.807, 2.05) is 6.92 Å². The quantitative estimate of drug-likeness (QED) is 0.872. The Bertz CT molecular complexity index is 619. The molecule has 6 nitrogen and oxygen atoms in total. The van der Waals surface area contributed by atoms with Gasteiger partial charge in [-0.15, -0.1) is 11.3 Å². The number of hydrogen-bond acceptors (Lipinski definition) is 5. The van der Waals surface area contributed by atoms with Gasteiger partial charge >= 0.3 is 0 Å². The van der Waals surface area contributed by atoms with Gasteiger partial charge in [-0.2, -0.15) is 5.10 Å². The minimum atomic E-state index is -0.349. The number of hydrogen-bond donors (Lipinski definition) is 1. The molecule has 2 aromatic rings. The topological polar surface area (TPSA) is 63.1 Å². The van der Waals surface area contributed by atoms with Gasteiger partial charge in [0.15, 0.2) is 0 Å². The number of thiophene rings is 1. The third kappa shape index (κ3) is 4.02. The molecule has 1 fully saturated rings. The lowest BCUT2D eigenvalue weighted by atomic mass is 9.97. The molecule has 0 aliphatic carbocycles. The number of nitrogens with zero attached hydrogens (tertiary/aromatic N) is 4. The van der Waals surface area contributed by atoms with Crippen LogP contribution in [0.25, 0.3) is 0 Å². The SMILES string of the molecule is CC1CCN([C@H](CNC(=O)[C@H](C)n2cncn2)c2cccs2)CC1. The molecular weight excluding hydrogens is 322 g/mol. The van der Waals surface area contributed by atoms with E-state index in [2.05, 4.69) is 44.7 Å². The van der Waals surface area contributed by atoms with E-state index in [-0.39, 0.29) is 18.0 Å². The van der Waals surface area contributed by atoms with E-state index in [4.69, 9.17) is 0 Å². The standard InChI is InChI=1S/C17H25N5OS/c1-13-5-7-21(8-6-13)15(16-4-3-9-24-16)10-19-17(23)14(2)22-12-18-11-20-22/h3-4,9,11-15H,5-8,10H2,1-2H3,(H,19,23)/t14-,15+/m0/s1. The fraction of sp³-hybridized carbons (Fsp3) is 0.588. The maximum atomic E-state index is 12.4. The summed E-state index contributed by atoms with van der Waals surface area (Å²) in [5.41, 5.74) is 0. The summed E-state index contributed by atoms with van der Waals surface area (Å²) in [6.45, 7) is 6.98. The third-order valence-electron chi connectivity index (χ3n) is 4.81. The molecule has 1 saturated heterocycles. The predicted octanol–water partition coefficient (Wildman–Crippen LogP) is 2.49. The normalized spacial score (nSPS) is 19.1. The zero-order valence-electron chi connectivity index (χ0n) is 14.3. The first kappa shape index (κ1) is 17.1. The Morgan fingerprint density at radius 1 is 1.46 bits per heavy atom. The van der Waals surface area contributed by atoms with Crippen molar-refractivity contribution in [1.82, 2.24) is 25.0 Å². The van der Waals surface area contributed by atoms with Gasteiger partial charge in [0.25, 0.3) is 0 Å². The van der Waals surface area contributed by atoms with Gasteiger partial charge in [0, 0.05) is 11.4 Å². The van der Waals surface area contributed by atoms with Crippen LogP contribution in [-0.4, -0.2) is 45.2 Å². The molecule has 3 rings (SSSR count). The maximum Gasteiger partial charge on any atom is 0.244 e. The number of piperidine rings is 1. The van der Waals surface area contributed by atoms with E-state index in [9.17, 15) is 4.79 Å². The summed E-state index contributed by atoms with van der Waals surface area (Å²) in [5, 5.41) is 9.26. The smallest absolute Gasteiger partial charge is 0.244 e. The zero-order chi connectivity index (χ0) is 16.9. The molecule has 0 radical (unpaired) electrons. The van der Waals surface area contributed by atoms with Crippen molar-refractivity contribution in [3.63, 3.8) is 0 Å². The number of amides is 1. The van der Waals surface area contributed by atoms with E-state index < -0.39 is 0 Å². The van der Waals surface area contributed by atoms with Gasteiger partial charge in [-0.3, -0.25) is 9.69 Å². The Morgan fingerprint density at radius 2 is 2.25 bits per heavy atom. The first-order valence-corrected chi connectivity index (χ1v) is 9.42. The van der Waals surface area contributed by atoms with Gasteiger partial charge in [-0.1, -0.05) is 13.0 Å². The summed E-state index contributed by atoms with van der Waals surface area (Å²) in [5.74, 6) is 0.777. The Kier molecular flexibility index (Phi) is 5.63. The largest absolute Gasteiger partial charge is 0.352 e. The van der Waals surface area contributed by atoms with Crippen LogP contribution >= 0.6 is 11.3 Å². The Balaban J connectivity index is 1.63. The molecule has 2 aromatic heterocycles. The monoisotopic (exact) mass is 347 g/mol. The number of carbonyl (C=O) groups is 1. The number of rotatable bonds is 6. The molecule has 0 saturated carbocycles. The van der Waals surface area contributed by atoms with Crippen LogP contribution in [0.15, 0.2) is 30.2 Å². The lowest BCUT2D eigenvalue weighted by molar-refractivity contribution is -0.124. The van der Waals surface area contributed by atoms with Crippen molar-refractivity contribution in [1.29, 1.82) is 0 Å². The van der Waals surface area contributed by atoms with Crippen molar-refractivity contribution in [2.75, 3.05) is 19.6 Å². The van der Waals surface area contributed by atoms with Crippen molar-refractivity contribution in [2.45, 2.75) is 38.8 Å². The van der Waals surface area contributed by atoms with Crippen LogP contribution in [0.2, 0.25) is 0 Å². The molecule has 0 unspecified atom stereocenters. The Morgan fingerprint density at radius 3 is 2.88 bits per heavy atom. The van der Waals surface area contributed by atoms with Crippen molar-refractivity contribution in [2.24, 2.45) is 5.92 Å². The highest BCUT2D eigenvalue weighted by atomic mass is 32.1. The number of aromatic nitrogens is 3. The summed E-state index contributed by atoms with van der Waals surface area (Å²) in [7, 11) is 0. The minimum Gasteiger partial charge on any atom is -0.352 e. The first-order chi connectivity index (χ1) is 11.6. The lowest BCUT2D eigenvalue weighted by Crippen LogP contribution is -2.42. The molecule has 0 spiro atoms. The van der Waals surface area contributed by atoms with Crippen molar-refractivity contribution in [3.8, 4) is 0 Å². The molecule has 1 aliphatic heterocycles. The van der Waals surface area contributed by atoms with Crippen LogP contribution in [0.3, 0.4) is 0 Å². The molecule has 24 heavy (non-hydrogen) atoms. The fourth-order valence-corrected chi connectivity index (χ4v) is 3.97. The maximum absolute atomic E-state index is 12.4. The molecule has 7 heteroatoms. The molecular formula is C17H25N5OS. The van der Waals surface area contributed by atoms with Crippen LogP contribution in [0, 0.1) is 5.92 Å². The minimum absolute atomic E-state index is 0.0209. The second kappa shape index (κ2) is 7.90. The predicted molar refractivity (Wildman–Crippen MR) is 94.8 cm³/mol. The Labute approximate surface area is 146 Å². The van der Waals surface area contributed by atoms with Crippen LogP contribution in [0.4, 0.5) is 0 Å². The highest BCUT2D eigenvalue weighted by Crippen LogP contribution is 2.29. The van der Waals surface area contributed by atoms with Gasteiger partial charge in [-0.25, -0.2) is 9.67 Å². The molecule has 0 aromatic carbocycles. The fourth-order valence-electron chi connectivity index (χ4n) is 3.11. The summed E-state index contributed by atoms with van der Waals surface area (Å²) < 4.78 is 1.58. The van der Waals surface area contributed by atoms with E-state index in [1.165, 1.54) is 24.0 Å². The van der Waals surface area contributed by atoms with E-state index in [1.54, 1.807) is 22.3 Å². The summed E-state index contributed by atoms with van der Waals surface area (Å²) in [6.07, 6.45) is 5.48. The van der Waals surface area contributed by atoms with Crippen molar-refractivity contribution >= 4 is 17.2 Å². The molecule has 2 atom stereocenters. The van der Waals surface area contributed by atoms with Crippen LogP contribution in [0.5, 0.6) is 0 Å². The number of likely N-dealkylation sites (tertiary alicyclic amines) is 1. The Hall–Kier alpha value is -1.73. The molecule has 1 amide bonds. The molecule has 130 valence electrons. The van der Waals surface area contributed by atoms with Crippen LogP contribution in [-0.2, 0) is 4.79 Å². The van der Waals surface area contributed by atoms with Gasteiger partial charge < -0.3 is 5.32 Å². The van der Waals surface area contributed by atoms with Gasteiger partial charge in [0.1, 0.15) is 18.7 Å². The molecule has 0 bridgehead atoms. The highest BCUT2D eigenvalue weighted by molar-refractivity contribution is 7.10. The second-order valence-electron chi connectivity index (χ2n) is 6.55. The highest BCUT2D eigenvalue weighted by Gasteiger charge is 2.26. The van der Waals surface area contributed by atoms with Crippen molar-refractivity contribution in [3.05, 3.63) is 35.0 Å². The average molecular weight is 347 g/mol. The van der Waals surface area contributed by atoms with E-state index >= 15 is 0 Å². The van der Waals surface area contributed by atoms with E-state index in [0.717, 1.165) is 19.0 Å².